The first-order valence-electron chi connectivity index (χ1n) is 6.82. The van der Waals surface area contributed by atoms with Crippen molar-refractivity contribution in [3.8, 4) is 0 Å². The number of nitrogens with one attached hydrogen (secondary N) is 1. The summed E-state index contributed by atoms with van der Waals surface area (Å²) >= 11 is 12.4. The summed E-state index contributed by atoms with van der Waals surface area (Å²) in [4.78, 5) is 0. The van der Waals surface area contributed by atoms with Gasteiger partial charge >= 0.3 is 0 Å². The van der Waals surface area contributed by atoms with Crippen molar-refractivity contribution in [2.75, 3.05) is 5.32 Å². The molecule has 20 heavy (non-hydrogen) atoms. The molecule has 0 amide bonds. The lowest BCUT2D eigenvalue weighted by Gasteiger charge is -2.18. The number of anilines is 1. The van der Waals surface area contributed by atoms with E-state index in [-0.39, 0.29) is 6.04 Å². The maximum absolute atomic E-state index is 6.26. The summed E-state index contributed by atoms with van der Waals surface area (Å²) in [6.45, 7) is 6.22. The summed E-state index contributed by atoms with van der Waals surface area (Å²) in [5.74, 6) is 0. The smallest absolute Gasteiger partial charge is 0.0641 e. The standard InChI is InChI=1S/C17H19Cl2N/c1-4-13-5-7-14(8-6-13)12(3)20-17-10-15(18)11(2)9-16(17)19/h5-10,12,20H,4H2,1-3H3. The van der Waals surface area contributed by atoms with Crippen molar-refractivity contribution in [2.45, 2.75) is 33.2 Å². The van der Waals surface area contributed by atoms with Crippen LogP contribution in [0.25, 0.3) is 0 Å². The van der Waals surface area contributed by atoms with Gasteiger partial charge < -0.3 is 5.32 Å². The molecule has 2 rings (SSSR count). The van der Waals surface area contributed by atoms with Crippen LogP contribution in [-0.4, -0.2) is 0 Å². The lowest BCUT2D eigenvalue weighted by atomic mass is 10.0. The summed E-state index contributed by atoms with van der Waals surface area (Å²) in [5, 5.41) is 4.84. The molecule has 0 radical (unpaired) electrons. The van der Waals surface area contributed by atoms with Gasteiger partial charge in [-0.25, -0.2) is 0 Å². The highest BCUT2D eigenvalue weighted by Gasteiger charge is 2.09. The van der Waals surface area contributed by atoms with Gasteiger partial charge in [0.05, 0.1) is 10.7 Å². The highest BCUT2D eigenvalue weighted by atomic mass is 35.5. The van der Waals surface area contributed by atoms with Crippen LogP contribution in [0.15, 0.2) is 36.4 Å². The molecule has 0 aliphatic heterocycles. The third-order valence-corrected chi connectivity index (χ3v) is 4.23. The van der Waals surface area contributed by atoms with Gasteiger partial charge in [0, 0.05) is 11.1 Å². The fraction of sp³-hybridized carbons (Fsp3) is 0.294. The van der Waals surface area contributed by atoms with Crippen LogP contribution in [0.4, 0.5) is 5.69 Å². The van der Waals surface area contributed by atoms with E-state index in [1.165, 1.54) is 11.1 Å². The van der Waals surface area contributed by atoms with Gasteiger partial charge in [0.2, 0.25) is 0 Å². The first-order valence-corrected chi connectivity index (χ1v) is 7.58. The minimum Gasteiger partial charge on any atom is -0.377 e. The van der Waals surface area contributed by atoms with Gasteiger partial charge in [0.25, 0.3) is 0 Å². The van der Waals surface area contributed by atoms with Crippen molar-refractivity contribution in [1.82, 2.24) is 0 Å². The molecule has 0 heterocycles. The van der Waals surface area contributed by atoms with Gasteiger partial charge in [-0.1, -0.05) is 54.4 Å². The first kappa shape index (κ1) is 15.2. The van der Waals surface area contributed by atoms with Gasteiger partial charge in [-0.15, -0.1) is 0 Å². The second-order valence-electron chi connectivity index (χ2n) is 5.04. The van der Waals surface area contributed by atoms with Gasteiger partial charge in [-0.05, 0) is 49.1 Å². The zero-order valence-corrected chi connectivity index (χ0v) is 13.5. The van der Waals surface area contributed by atoms with E-state index >= 15 is 0 Å². The van der Waals surface area contributed by atoms with Gasteiger partial charge in [0.15, 0.2) is 0 Å². The van der Waals surface area contributed by atoms with Crippen LogP contribution < -0.4 is 5.32 Å². The third-order valence-electron chi connectivity index (χ3n) is 3.51. The maximum atomic E-state index is 6.26. The largest absolute Gasteiger partial charge is 0.377 e. The fourth-order valence-corrected chi connectivity index (χ4v) is 2.55. The highest BCUT2D eigenvalue weighted by molar-refractivity contribution is 6.35. The van der Waals surface area contributed by atoms with Crippen molar-refractivity contribution in [1.29, 1.82) is 0 Å². The normalized spacial score (nSPS) is 12.2. The van der Waals surface area contributed by atoms with Crippen molar-refractivity contribution >= 4 is 28.9 Å². The Morgan fingerprint density at radius 3 is 2.30 bits per heavy atom. The average molecular weight is 308 g/mol. The summed E-state index contributed by atoms with van der Waals surface area (Å²) < 4.78 is 0. The van der Waals surface area contributed by atoms with E-state index in [1.54, 1.807) is 0 Å². The quantitative estimate of drug-likeness (QED) is 0.726. The molecule has 1 N–H and O–H groups in total. The molecule has 2 aromatic carbocycles. The van der Waals surface area contributed by atoms with Crippen molar-refractivity contribution in [3.05, 3.63) is 63.1 Å². The van der Waals surface area contributed by atoms with E-state index in [2.05, 4.69) is 43.4 Å². The zero-order chi connectivity index (χ0) is 14.7. The first-order chi connectivity index (χ1) is 9.51. The molecule has 0 fully saturated rings. The molecule has 0 saturated carbocycles. The Kier molecular flexibility index (Phi) is 4.95. The Balaban J connectivity index is 2.18. The Hall–Kier alpha value is -1.18. The van der Waals surface area contributed by atoms with E-state index in [0.717, 1.165) is 22.7 Å². The lowest BCUT2D eigenvalue weighted by molar-refractivity contribution is 0.882. The molecule has 0 aliphatic carbocycles. The molecule has 2 aromatic rings. The van der Waals surface area contributed by atoms with E-state index < -0.39 is 0 Å². The predicted octanol–water partition coefficient (Wildman–Crippen LogP) is 6.04. The van der Waals surface area contributed by atoms with Crippen molar-refractivity contribution in [3.63, 3.8) is 0 Å². The molecule has 1 atom stereocenters. The van der Waals surface area contributed by atoms with Crippen LogP contribution in [-0.2, 0) is 6.42 Å². The molecule has 1 unspecified atom stereocenters. The molecular weight excluding hydrogens is 289 g/mol. The van der Waals surface area contributed by atoms with Crippen LogP contribution in [0.3, 0.4) is 0 Å². The lowest BCUT2D eigenvalue weighted by Crippen LogP contribution is -2.07. The number of rotatable bonds is 4. The number of benzene rings is 2. The van der Waals surface area contributed by atoms with Crippen LogP contribution >= 0.6 is 23.2 Å². The Bertz CT molecular complexity index is 591. The molecular formula is C17H19Cl2N. The van der Waals surface area contributed by atoms with Gasteiger partial charge in [-0.2, -0.15) is 0 Å². The molecule has 106 valence electrons. The van der Waals surface area contributed by atoms with Gasteiger partial charge in [0.1, 0.15) is 0 Å². The molecule has 0 spiro atoms. The topological polar surface area (TPSA) is 12.0 Å². The second-order valence-corrected chi connectivity index (χ2v) is 5.86. The number of halogens is 2. The Morgan fingerprint density at radius 2 is 1.70 bits per heavy atom. The van der Waals surface area contributed by atoms with Crippen molar-refractivity contribution in [2.24, 2.45) is 0 Å². The highest BCUT2D eigenvalue weighted by Crippen LogP contribution is 2.31. The van der Waals surface area contributed by atoms with E-state index in [9.17, 15) is 0 Å². The average Bonchev–Trinajstić information content (AvgIpc) is 2.44. The fourth-order valence-electron chi connectivity index (χ4n) is 2.12. The van der Waals surface area contributed by atoms with Crippen LogP contribution in [0, 0.1) is 6.92 Å². The molecule has 0 saturated heterocycles. The Morgan fingerprint density at radius 1 is 1.05 bits per heavy atom. The number of hydrogen-bond donors (Lipinski definition) is 1. The molecule has 1 nitrogen and oxygen atoms in total. The minimum atomic E-state index is 0.178. The third kappa shape index (κ3) is 3.47. The van der Waals surface area contributed by atoms with Crippen LogP contribution in [0.2, 0.25) is 10.0 Å². The number of hydrogen-bond acceptors (Lipinski definition) is 1. The minimum absolute atomic E-state index is 0.178. The summed E-state index contributed by atoms with van der Waals surface area (Å²) in [7, 11) is 0. The monoisotopic (exact) mass is 307 g/mol. The second kappa shape index (κ2) is 6.51. The van der Waals surface area contributed by atoms with E-state index in [4.69, 9.17) is 23.2 Å². The predicted molar refractivity (Wildman–Crippen MR) is 89.1 cm³/mol. The van der Waals surface area contributed by atoms with E-state index in [1.807, 2.05) is 19.1 Å². The summed E-state index contributed by atoms with van der Waals surface area (Å²) in [6.07, 6.45) is 1.06. The van der Waals surface area contributed by atoms with Crippen LogP contribution in [0.5, 0.6) is 0 Å². The molecule has 0 bridgehead atoms. The number of aryl methyl sites for hydroxylation is 2. The molecule has 0 aromatic heterocycles. The van der Waals surface area contributed by atoms with Crippen LogP contribution in [0.1, 0.15) is 36.6 Å². The Labute approximate surface area is 130 Å². The molecule has 0 aliphatic rings. The van der Waals surface area contributed by atoms with Crippen molar-refractivity contribution < 1.29 is 0 Å². The SMILES string of the molecule is CCc1ccc(C(C)Nc2cc(Cl)c(C)cc2Cl)cc1. The molecule has 3 heteroatoms. The van der Waals surface area contributed by atoms with E-state index in [0.29, 0.717) is 5.02 Å². The summed E-state index contributed by atoms with van der Waals surface area (Å²) in [5.41, 5.74) is 4.43. The summed E-state index contributed by atoms with van der Waals surface area (Å²) in [6, 6.07) is 12.6. The zero-order valence-electron chi connectivity index (χ0n) is 12.0. The maximum Gasteiger partial charge on any atom is 0.0641 e. The van der Waals surface area contributed by atoms with Gasteiger partial charge in [-0.3, -0.25) is 0 Å².